The van der Waals surface area contributed by atoms with Crippen LogP contribution in [-0.4, -0.2) is 48.3 Å². The maximum atomic E-state index is 12.9. The van der Waals surface area contributed by atoms with E-state index in [0.717, 1.165) is 9.37 Å². The second-order valence-electron chi connectivity index (χ2n) is 6.62. The monoisotopic (exact) mass is 448 g/mol. The minimum absolute atomic E-state index is 0.0471. The smallest absolute Gasteiger partial charge is 0.325 e. The second-order valence-corrected chi connectivity index (χ2v) is 7.54. The van der Waals surface area contributed by atoms with Gasteiger partial charge in [0.25, 0.3) is 5.91 Å². The highest BCUT2D eigenvalue weighted by Crippen LogP contribution is 2.31. The van der Waals surface area contributed by atoms with Crippen molar-refractivity contribution >= 4 is 27.9 Å². The van der Waals surface area contributed by atoms with Crippen molar-refractivity contribution in [2.24, 2.45) is 0 Å². The first-order chi connectivity index (χ1) is 13.3. The predicted octanol–water partition coefficient (Wildman–Crippen LogP) is 2.66. The summed E-state index contributed by atoms with van der Waals surface area (Å²) in [5.41, 5.74) is -0.619. The molecule has 0 spiro atoms. The Labute approximate surface area is 171 Å². The van der Waals surface area contributed by atoms with E-state index in [-0.39, 0.29) is 13.2 Å². The number of hydrogen-bond acceptors (Lipinski definition) is 5. The van der Waals surface area contributed by atoms with Crippen LogP contribution in [0.15, 0.2) is 53.0 Å². The Hall–Kier alpha value is -2.58. The van der Waals surface area contributed by atoms with Crippen LogP contribution in [-0.2, 0) is 10.3 Å². The van der Waals surface area contributed by atoms with Gasteiger partial charge in [-0.1, -0.05) is 28.1 Å². The van der Waals surface area contributed by atoms with E-state index >= 15 is 0 Å². The molecule has 1 aliphatic heterocycles. The van der Waals surface area contributed by atoms with Crippen molar-refractivity contribution < 1.29 is 24.2 Å². The third kappa shape index (κ3) is 4.13. The fraction of sp³-hybridized carbons (Fsp3) is 0.300. The van der Waals surface area contributed by atoms with E-state index < -0.39 is 23.6 Å². The van der Waals surface area contributed by atoms with E-state index in [0.29, 0.717) is 17.1 Å². The molecule has 7 nitrogen and oxygen atoms in total. The van der Waals surface area contributed by atoms with Crippen molar-refractivity contribution in [3.05, 3.63) is 58.6 Å². The number of imide groups is 1. The molecule has 1 heterocycles. The summed E-state index contributed by atoms with van der Waals surface area (Å²) in [5, 5.41) is 13.0. The number of rotatable bonds is 7. The number of hydrogen-bond donors (Lipinski definition) is 2. The predicted molar refractivity (Wildman–Crippen MR) is 106 cm³/mol. The number of methoxy groups -OCH3 is 1. The Morgan fingerprint density at radius 1 is 1.18 bits per heavy atom. The third-order valence-electron chi connectivity index (χ3n) is 4.57. The number of amides is 3. The van der Waals surface area contributed by atoms with Gasteiger partial charge in [0.2, 0.25) is 0 Å². The quantitative estimate of drug-likeness (QED) is 0.635. The number of urea groups is 1. The molecule has 2 N–H and O–H groups in total. The molecule has 2 aromatic rings. The Bertz CT molecular complexity index is 873. The van der Waals surface area contributed by atoms with Crippen LogP contribution in [0.2, 0.25) is 0 Å². The SMILES string of the molecule is COc1cccc([C@@]2(C)NC(=O)N(C[C@@H](O)COc3ccc(Br)cc3)C2=O)c1. The Morgan fingerprint density at radius 3 is 2.57 bits per heavy atom. The van der Waals surface area contributed by atoms with Gasteiger partial charge in [0, 0.05) is 4.47 Å². The molecule has 3 amide bonds. The molecule has 0 radical (unpaired) electrons. The minimum Gasteiger partial charge on any atom is -0.497 e. The van der Waals surface area contributed by atoms with E-state index in [1.165, 1.54) is 7.11 Å². The largest absolute Gasteiger partial charge is 0.497 e. The number of carbonyl (C=O) groups is 2. The molecular weight excluding hydrogens is 428 g/mol. The summed E-state index contributed by atoms with van der Waals surface area (Å²) in [7, 11) is 1.53. The number of nitrogens with one attached hydrogen (secondary N) is 1. The molecule has 1 saturated heterocycles. The molecule has 1 aliphatic rings. The molecule has 8 heteroatoms. The van der Waals surface area contributed by atoms with Crippen LogP contribution in [0.4, 0.5) is 4.79 Å². The highest BCUT2D eigenvalue weighted by molar-refractivity contribution is 9.10. The Morgan fingerprint density at radius 2 is 1.89 bits per heavy atom. The van der Waals surface area contributed by atoms with Crippen LogP contribution in [0, 0.1) is 0 Å². The van der Waals surface area contributed by atoms with Crippen molar-refractivity contribution in [1.82, 2.24) is 10.2 Å². The molecule has 0 aromatic heterocycles. The van der Waals surface area contributed by atoms with E-state index in [9.17, 15) is 14.7 Å². The normalized spacial score (nSPS) is 20.1. The number of benzene rings is 2. The van der Waals surface area contributed by atoms with Gasteiger partial charge in [0.15, 0.2) is 0 Å². The molecule has 3 rings (SSSR count). The zero-order valence-corrected chi connectivity index (χ0v) is 17.1. The van der Waals surface area contributed by atoms with Crippen LogP contribution in [0.3, 0.4) is 0 Å². The number of β-amino-alcohol motifs (C(OH)–C–C–N with tert-alkyl or cyclic N) is 1. The fourth-order valence-electron chi connectivity index (χ4n) is 2.98. The Kier molecular flexibility index (Phi) is 5.90. The lowest BCUT2D eigenvalue weighted by atomic mass is 9.92. The van der Waals surface area contributed by atoms with Gasteiger partial charge in [0.05, 0.1) is 13.7 Å². The number of nitrogens with zero attached hydrogens (tertiary/aromatic N) is 1. The lowest BCUT2D eigenvalue weighted by Crippen LogP contribution is -2.42. The molecule has 0 bridgehead atoms. The maximum Gasteiger partial charge on any atom is 0.325 e. The second kappa shape index (κ2) is 8.20. The van der Waals surface area contributed by atoms with Gasteiger partial charge in [-0.25, -0.2) is 4.79 Å². The Balaban J connectivity index is 1.66. The maximum absolute atomic E-state index is 12.9. The molecule has 148 valence electrons. The van der Waals surface area contributed by atoms with E-state index in [4.69, 9.17) is 9.47 Å². The number of aliphatic hydroxyl groups is 1. The summed E-state index contributed by atoms with van der Waals surface area (Å²) in [6.07, 6.45) is -1.02. The molecule has 0 aliphatic carbocycles. The van der Waals surface area contributed by atoms with Gasteiger partial charge < -0.3 is 19.9 Å². The van der Waals surface area contributed by atoms with Crippen LogP contribution < -0.4 is 14.8 Å². The standard InChI is InChI=1S/C20H21BrN2O5/c1-20(13-4-3-5-17(10-13)27-2)18(25)23(19(26)22-20)11-15(24)12-28-16-8-6-14(21)7-9-16/h3-10,15,24H,11-12H2,1-2H3,(H,22,26)/t15-,20-/m1/s1. The van der Waals surface area contributed by atoms with E-state index in [1.54, 1.807) is 43.3 Å². The topological polar surface area (TPSA) is 88.1 Å². The highest BCUT2D eigenvalue weighted by atomic mass is 79.9. The first-order valence-electron chi connectivity index (χ1n) is 8.68. The average molecular weight is 449 g/mol. The summed E-state index contributed by atoms with van der Waals surface area (Å²) in [6.45, 7) is 1.42. The molecule has 0 unspecified atom stereocenters. The molecule has 0 saturated carbocycles. The molecule has 2 atom stereocenters. The summed E-state index contributed by atoms with van der Waals surface area (Å²) >= 11 is 3.33. The van der Waals surface area contributed by atoms with Crippen molar-refractivity contribution in [2.45, 2.75) is 18.6 Å². The van der Waals surface area contributed by atoms with Crippen molar-refractivity contribution in [3.8, 4) is 11.5 Å². The van der Waals surface area contributed by atoms with Gasteiger partial charge >= 0.3 is 6.03 Å². The van der Waals surface area contributed by atoms with E-state index in [2.05, 4.69) is 21.2 Å². The van der Waals surface area contributed by atoms with Crippen molar-refractivity contribution in [2.75, 3.05) is 20.3 Å². The number of aliphatic hydroxyl groups excluding tert-OH is 1. The van der Waals surface area contributed by atoms with Gasteiger partial charge in [-0.15, -0.1) is 0 Å². The molecule has 2 aromatic carbocycles. The number of carbonyl (C=O) groups excluding carboxylic acids is 2. The zero-order valence-electron chi connectivity index (χ0n) is 15.5. The van der Waals surface area contributed by atoms with Gasteiger partial charge in [-0.05, 0) is 48.9 Å². The lowest BCUT2D eigenvalue weighted by Gasteiger charge is -2.23. The molecule has 28 heavy (non-hydrogen) atoms. The number of ether oxygens (including phenoxy) is 2. The van der Waals surface area contributed by atoms with Gasteiger partial charge in [-0.3, -0.25) is 9.69 Å². The summed E-state index contributed by atoms with van der Waals surface area (Å²) in [5.74, 6) is 0.733. The van der Waals surface area contributed by atoms with E-state index in [1.807, 2.05) is 12.1 Å². The summed E-state index contributed by atoms with van der Waals surface area (Å²) in [4.78, 5) is 26.3. The van der Waals surface area contributed by atoms with Crippen LogP contribution in [0.25, 0.3) is 0 Å². The highest BCUT2D eigenvalue weighted by Gasteiger charge is 2.49. The van der Waals surface area contributed by atoms with Gasteiger partial charge in [0.1, 0.15) is 29.7 Å². The third-order valence-corrected chi connectivity index (χ3v) is 5.10. The van der Waals surface area contributed by atoms with Crippen molar-refractivity contribution in [1.29, 1.82) is 0 Å². The minimum atomic E-state index is -1.22. The molecular formula is C20H21BrN2O5. The van der Waals surface area contributed by atoms with Crippen LogP contribution in [0.1, 0.15) is 12.5 Å². The first-order valence-corrected chi connectivity index (χ1v) is 9.48. The average Bonchev–Trinajstić information content (AvgIpc) is 2.91. The molecule has 1 fully saturated rings. The lowest BCUT2D eigenvalue weighted by molar-refractivity contribution is -0.132. The zero-order chi connectivity index (χ0) is 20.3. The summed E-state index contributed by atoms with van der Waals surface area (Å²) < 4.78 is 11.6. The first kappa shape index (κ1) is 20.2. The summed E-state index contributed by atoms with van der Waals surface area (Å²) in [6, 6.07) is 13.5. The van der Waals surface area contributed by atoms with Crippen LogP contribution in [0.5, 0.6) is 11.5 Å². The van der Waals surface area contributed by atoms with Gasteiger partial charge in [-0.2, -0.15) is 0 Å². The number of halogens is 1. The van der Waals surface area contributed by atoms with Crippen molar-refractivity contribution in [3.63, 3.8) is 0 Å². The fourth-order valence-corrected chi connectivity index (χ4v) is 3.24. The van der Waals surface area contributed by atoms with Crippen LogP contribution >= 0.6 is 15.9 Å².